The van der Waals surface area contributed by atoms with Crippen molar-refractivity contribution in [3.8, 4) is 11.3 Å². The molecule has 0 unspecified atom stereocenters. The van der Waals surface area contributed by atoms with Crippen molar-refractivity contribution in [3.63, 3.8) is 0 Å². The fourth-order valence-corrected chi connectivity index (χ4v) is 3.94. The van der Waals surface area contributed by atoms with Crippen LogP contribution in [-0.4, -0.2) is 21.9 Å². The molecule has 0 bridgehead atoms. The van der Waals surface area contributed by atoms with Gasteiger partial charge in [0.1, 0.15) is 5.82 Å². The Morgan fingerprint density at radius 3 is 2.74 bits per heavy atom. The number of nitrogens with zero attached hydrogens (tertiary/aromatic N) is 2. The molecule has 0 saturated heterocycles. The van der Waals surface area contributed by atoms with Crippen LogP contribution < -0.4 is 5.32 Å². The van der Waals surface area contributed by atoms with E-state index >= 15 is 0 Å². The van der Waals surface area contributed by atoms with Gasteiger partial charge in [0.05, 0.1) is 22.4 Å². The third-order valence-electron chi connectivity index (χ3n) is 4.44. The summed E-state index contributed by atoms with van der Waals surface area (Å²) >= 11 is 1.29. The second-order valence-corrected chi connectivity index (χ2v) is 7.55. The van der Waals surface area contributed by atoms with Crippen LogP contribution in [0, 0.1) is 5.82 Å². The highest BCUT2D eigenvalue weighted by Crippen LogP contribution is 2.36. The number of carboxylic acid groups (broad SMARTS) is 1. The van der Waals surface area contributed by atoms with Gasteiger partial charge in [-0.25, -0.2) is 14.2 Å². The van der Waals surface area contributed by atoms with Gasteiger partial charge in [0.15, 0.2) is 10.8 Å². The van der Waals surface area contributed by atoms with Crippen LogP contribution in [0.3, 0.4) is 0 Å². The third kappa shape index (κ3) is 3.00. The van der Waals surface area contributed by atoms with Crippen LogP contribution in [0.5, 0.6) is 0 Å². The number of hydrogen-bond donors (Lipinski definition) is 2. The lowest BCUT2D eigenvalue weighted by Gasteiger charge is -2.30. The number of amidine groups is 1. The summed E-state index contributed by atoms with van der Waals surface area (Å²) < 4.78 is 14.3. The van der Waals surface area contributed by atoms with E-state index < -0.39 is 17.3 Å². The number of carboxylic acids is 1. The lowest BCUT2D eigenvalue weighted by Crippen LogP contribution is -2.29. The number of aromatic carboxylic acids is 1. The van der Waals surface area contributed by atoms with E-state index in [-0.39, 0.29) is 16.8 Å². The van der Waals surface area contributed by atoms with Gasteiger partial charge in [0.25, 0.3) is 0 Å². The quantitative estimate of drug-likeness (QED) is 0.686. The van der Waals surface area contributed by atoms with Crippen molar-refractivity contribution in [2.24, 2.45) is 4.99 Å². The smallest absolute Gasteiger partial charge is 0.336 e. The highest BCUT2D eigenvalue weighted by molar-refractivity contribution is 7.12. The van der Waals surface area contributed by atoms with E-state index in [9.17, 15) is 14.3 Å². The van der Waals surface area contributed by atoms with E-state index in [1.54, 1.807) is 5.38 Å². The van der Waals surface area contributed by atoms with E-state index in [0.29, 0.717) is 10.8 Å². The van der Waals surface area contributed by atoms with Crippen molar-refractivity contribution in [1.82, 2.24) is 4.98 Å². The first-order valence-corrected chi connectivity index (χ1v) is 9.19. The van der Waals surface area contributed by atoms with Crippen LogP contribution in [0.4, 0.5) is 10.1 Å². The Hall–Kier alpha value is -3.06. The standard InChI is InChI=1S/C20H16FN3O2S/c1-20(2)12-7-3-4-9-14(12)22-17(24-20)18-23-15(10-27-18)16-11(19(25)26)6-5-8-13(16)21/h3-10H,1-2H3,(H,22,24)(H,25,26). The molecule has 0 spiro atoms. The number of rotatable bonds is 3. The average Bonchev–Trinajstić information content (AvgIpc) is 3.10. The number of nitrogens with one attached hydrogen (secondary N) is 1. The Kier molecular flexibility index (Phi) is 4.04. The van der Waals surface area contributed by atoms with Crippen molar-refractivity contribution < 1.29 is 14.3 Å². The van der Waals surface area contributed by atoms with Gasteiger partial charge >= 0.3 is 5.97 Å². The summed E-state index contributed by atoms with van der Waals surface area (Å²) in [6, 6.07) is 11.9. The molecule has 4 rings (SSSR count). The zero-order chi connectivity index (χ0) is 19.2. The summed E-state index contributed by atoms with van der Waals surface area (Å²) in [5, 5.41) is 14.9. The summed E-state index contributed by atoms with van der Waals surface area (Å²) in [5.41, 5.74) is 1.74. The van der Waals surface area contributed by atoms with Crippen LogP contribution >= 0.6 is 11.3 Å². The number of anilines is 1. The van der Waals surface area contributed by atoms with Gasteiger partial charge in [-0.15, -0.1) is 11.3 Å². The lowest BCUT2D eigenvalue weighted by atomic mass is 9.92. The lowest BCUT2D eigenvalue weighted by molar-refractivity contribution is 0.0697. The Morgan fingerprint density at radius 2 is 1.96 bits per heavy atom. The minimum atomic E-state index is -1.19. The van der Waals surface area contributed by atoms with Crippen molar-refractivity contribution in [2.45, 2.75) is 19.4 Å². The first-order chi connectivity index (χ1) is 12.9. The van der Waals surface area contributed by atoms with Gasteiger partial charge in [0, 0.05) is 16.6 Å². The second-order valence-electron chi connectivity index (χ2n) is 6.70. The van der Waals surface area contributed by atoms with E-state index in [2.05, 4.69) is 10.3 Å². The number of aromatic nitrogens is 1. The van der Waals surface area contributed by atoms with E-state index in [0.717, 1.165) is 11.3 Å². The molecule has 2 N–H and O–H groups in total. The van der Waals surface area contributed by atoms with Crippen LogP contribution in [0.15, 0.2) is 52.8 Å². The predicted octanol–water partition coefficient (Wildman–Crippen LogP) is 4.75. The molecule has 0 aliphatic carbocycles. The van der Waals surface area contributed by atoms with Gasteiger partial charge in [-0.3, -0.25) is 4.99 Å². The molecule has 2 aromatic carbocycles. The number of para-hydroxylation sites is 1. The van der Waals surface area contributed by atoms with Crippen molar-refractivity contribution >= 4 is 28.8 Å². The third-order valence-corrected chi connectivity index (χ3v) is 5.29. The number of hydrogen-bond acceptors (Lipinski definition) is 5. The first-order valence-electron chi connectivity index (χ1n) is 8.31. The van der Waals surface area contributed by atoms with E-state index in [1.807, 2.05) is 38.1 Å². The summed E-state index contributed by atoms with van der Waals surface area (Å²) in [6.45, 7) is 4.03. The largest absolute Gasteiger partial charge is 0.478 e. The predicted molar refractivity (Wildman–Crippen MR) is 104 cm³/mol. The molecule has 27 heavy (non-hydrogen) atoms. The zero-order valence-electron chi connectivity index (χ0n) is 14.7. The number of fused-ring (bicyclic) bond motifs is 1. The van der Waals surface area contributed by atoms with Crippen molar-refractivity contribution in [3.05, 3.63) is 69.8 Å². The molecule has 136 valence electrons. The monoisotopic (exact) mass is 381 g/mol. The highest BCUT2D eigenvalue weighted by atomic mass is 32.1. The fourth-order valence-electron chi connectivity index (χ4n) is 3.18. The summed E-state index contributed by atoms with van der Waals surface area (Å²) in [5.74, 6) is -1.22. The molecule has 0 amide bonds. The Labute approximate surface area is 159 Å². The van der Waals surface area contributed by atoms with Crippen LogP contribution in [-0.2, 0) is 5.54 Å². The van der Waals surface area contributed by atoms with E-state index in [4.69, 9.17) is 4.99 Å². The maximum absolute atomic E-state index is 14.3. The molecule has 1 aliphatic rings. The molecule has 2 heterocycles. The van der Waals surface area contributed by atoms with E-state index in [1.165, 1.54) is 29.5 Å². The highest BCUT2D eigenvalue weighted by Gasteiger charge is 2.29. The molecule has 5 nitrogen and oxygen atoms in total. The molecule has 1 aromatic heterocycles. The molecule has 0 saturated carbocycles. The molecule has 0 atom stereocenters. The Bertz CT molecular complexity index is 1090. The number of halogens is 1. The van der Waals surface area contributed by atoms with Gasteiger partial charge < -0.3 is 10.4 Å². The normalized spacial score (nSPS) is 14.9. The number of benzene rings is 2. The topological polar surface area (TPSA) is 74.6 Å². The first kappa shape index (κ1) is 17.4. The molecule has 0 radical (unpaired) electrons. The maximum Gasteiger partial charge on any atom is 0.336 e. The second kappa shape index (κ2) is 6.28. The summed E-state index contributed by atoms with van der Waals surface area (Å²) in [7, 11) is 0. The fraction of sp³-hybridized carbons (Fsp3) is 0.150. The number of aliphatic imine (C=N–C) groups is 1. The minimum Gasteiger partial charge on any atom is -0.478 e. The van der Waals surface area contributed by atoms with Gasteiger partial charge in [-0.05, 0) is 32.0 Å². The Balaban J connectivity index is 1.77. The van der Waals surface area contributed by atoms with Gasteiger partial charge in [0.2, 0.25) is 0 Å². The number of thiazole rings is 1. The van der Waals surface area contributed by atoms with Crippen LogP contribution in [0.25, 0.3) is 11.3 Å². The maximum atomic E-state index is 14.3. The molecule has 1 aliphatic heterocycles. The number of carbonyl (C=O) groups is 1. The minimum absolute atomic E-state index is 0.0106. The molecular formula is C20H16FN3O2S. The van der Waals surface area contributed by atoms with Crippen molar-refractivity contribution in [1.29, 1.82) is 0 Å². The van der Waals surface area contributed by atoms with Gasteiger partial charge in [-0.1, -0.05) is 24.3 Å². The zero-order valence-corrected chi connectivity index (χ0v) is 15.5. The summed E-state index contributed by atoms with van der Waals surface area (Å²) in [4.78, 5) is 20.7. The molecule has 0 fully saturated rings. The molecule has 7 heteroatoms. The SMILES string of the molecule is CC1(C)N=C(c2nc(-c3c(F)cccc3C(=O)O)cs2)Nc2ccccc21. The van der Waals surface area contributed by atoms with Crippen LogP contribution in [0.1, 0.15) is 34.8 Å². The Morgan fingerprint density at radius 1 is 1.19 bits per heavy atom. The molecule has 3 aromatic rings. The van der Waals surface area contributed by atoms with Gasteiger partial charge in [-0.2, -0.15) is 0 Å². The van der Waals surface area contributed by atoms with Crippen molar-refractivity contribution in [2.75, 3.05) is 5.32 Å². The van der Waals surface area contributed by atoms with Crippen LogP contribution in [0.2, 0.25) is 0 Å². The summed E-state index contributed by atoms with van der Waals surface area (Å²) in [6.07, 6.45) is 0. The average molecular weight is 381 g/mol. The molecular weight excluding hydrogens is 365 g/mol.